The normalized spacial score (nSPS) is 41.7. The lowest BCUT2D eigenvalue weighted by molar-refractivity contribution is 0.119. The maximum atomic E-state index is 5.39. The molecule has 0 radical (unpaired) electrons. The van der Waals surface area contributed by atoms with Crippen molar-refractivity contribution in [1.29, 1.82) is 0 Å². The van der Waals surface area contributed by atoms with Crippen LogP contribution in [0.1, 0.15) is 19.8 Å². The van der Waals surface area contributed by atoms with Gasteiger partial charge in [0.05, 0.1) is 13.2 Å². The summed E-state index contributed by atoms with van der Waals surface area (Å²) < 4.78 is 10.8. The van der Waals surface area contributed by atoms with Gasteiger partial charge in [-0.15, -0.1) is 0 Å². The first-order chi connectivity index (χ1) is 5.37. The molecule has 11 heavy (non-hydrogen) atoms. The van der Waals surface area contributed by atoms with Gasteiger partial charge in [0.2, 0.25) is 0 Å². The van der Waals surface area contributed by atoms with Crippen LogP contribution in [0.5, 0.6) is 0 Å². The lowest BCUT2D eigenvalue weighted by Gasteiger charge is -2.05. The topological polar surface area (TPSA) is 18.5 Å². The molecule has 2 heteroatoms. The van der Waals surface area contributed by atoms with Gasteiger partial charge in [-0.1, -0.05) is 0 Å². The van der Waals surface area contributed by atoms with Gasteiger partial charge in [-0.3, -0.25) is 0 Å². The predicted molar refractivity (Wildman–Crippen MR) is 42.5 cm³/mol. The summed E-state index contributed by atoms with van der Waals surface area (Å²) in [5.74, 6) is 0.810. The van der Waals surface area contributed by atoms with Gasteiger partial charge in [-0.2, -0.15) is 0 Å². The summed E-state index contributed by atoms with van der Waals surface area (Å²) in [7, 11) is 0. The Morgan fingerprint density at radius 2 is 2.55 bits per heavy atom. The van der Waals surface area contributed by atoms with Crippen LogP contribution in [-0.4, -0.2) is 26.4 Å². The third-order valence-corrected chi connectivity index (χ3v) is 3.02. The van der Waals surface area contributed by atoms with Crippen molar-refractivity contribution in [1.82, 2.24) is 0 Å². The van der Waals surface area contributed by atoms with E-state index in [1.165, 1.54) is 12.8 Å². The van der Waals surface area contributed by atoms with Crippen LogP contribution in [0.2, 0.25) is 0 Å². The van der Waals surface area contributed by atoms with Crippen LogP contribution in [0, 0.1) is 11.3 Å². The maximum absolute atomic E-state index is 5.39. The lowest BCUT2D eigenvalue weighted by atomic mass is 10.0. The fraction of sp³-hybridized carbons (Fsp3) is 1.00. The SMILES string of the molecule is CCOCC1CC12CCOC2. The summed E-state index contributed by atoms with van der Waals surface area (Å²) in [6.07, 6.45) is 2.61. The molecule has 0 amide bonds. The fourth-order valence-electron chi connectivity index (χ4n) is 2.03. The largest absolute Gasteiger partial charge is 0.381 e. The van der Waals surface area contributed by atoms with E-state index in [9.17, 15) is 0 Å². The van der Waals surface area contributed by atoms with Crippen molar-refractivity contribution in [3.05, 3.63) is 0 Å². The molecule has 1 aliphatic carbocycles. The second-order valence-electron chi connectivity index (χ2n) is 3.73. The van der Waals surface area contributed by atoms with Crippen LogP contribution in [0.4, 0.5) is 0 Å². The van der Waals surface area contributed by atoms with Crippen LogP contribution in [-0.2, 0) is 9.47 Å². The highest BCUT2D eigenvalue weighted by Gasteiger charge is 2.55. The molecule has 1 spiro atoms. The summed E-state index contributed by atoms with van der Waals surface area (Å²) in [6, 6.07) is 0. The van der Waals surface area contributed by atoms with Gasteiger partial charge in [-0.05, 0) is 25.7 Å². The van der Waals surface area contributed by atoms with Crippen LogP contribution >= 0.6 is 0 Å². The first kappa shape index (κ1) is 7.56. The first-order valence-electron chi connectivity index (χ1n) is 4.53. The molecule has 0 bridgehead atoms. The molecule has 0 aromatic heterocycles. The molecule has 2 unspecified atom stereocenters. The summed E-state index contributed by atoms with van der Waals surface area (Å²) in [4.78, 5) is 0. The van der Waals surface area contributed by atoms with Gasteiger partial charge in [0.15, 0.2) is 0 Å². The minimum atomic E-state index is 0.565. The van der Waals surface area contributed by atoms with Crippen molar-refractivity contribution in [3.63, 3.8) is 0 Å². The molecule has 2 aliphatic rings. The molecule has 0 aromatic rings. The highest BCUT2D eigenvalue weighted by molar-refractivity contribution is 5.04. The molecule has 2 nitrogen and oxygen atoms in total. The Morgan fingerprint density at radius 1 is 1.64 bits per heavy atom. The number of hydrogen-bond donors (Lipinski definition) is 0. The Labute approximate surface area is 67.9 Å². The van der Waals surface area contributed by atoms with Gasteiger partial charge in [0.1, 0.15) is 0 Å². The molecule has 0 aromatic carbocycles. The Morgan fingerprint density at radius 3 is 3.18 bits per heavy atom. The quantitative estimate of drug-likeness (QED) is 0.615. The van der Waals surface area contributed by atoms with E-state index in [4.69, 9.17) is 9.47 Å². The molecular weight excluding hydrogens is 140 g/mol. The zero-order valence-electron chi connectivity index (χ0n) is 7.14. The van der Waals surface area contributed by atoms with Crippen molar-refractivity contribution in [2.45, 2.75) is 19.8 Å². The molecular formula is C9H16O2. The van der Waals surface area contributed by atoms with E-state index in [1.54, 1.807) is 0 Å². The second kappa shape index (κ2) is 2.76. The Balaban J connectivity index is 1.75. The fourth-order valence-corrected chi connectivity index (χ4v) is 2.03. The summed E-state index contributed by atoms with van der Waals surface area (Å²) in [5.41, 5.74) is 0.565. The van der Waals surface area contributed by atoms with E-state index in [0.717, 1.165) is 32.3 Å². The minimum Gasteiger partial charge on any atom is -0.381 e. The summed E-state index contributed by atoms with van der Waals surface area (Å²) in [5, 5.41) is 0. The molecule has 64 valence electrons. The van der Waals surface area contributed by atoms with Crippen molar-refractivity contribution in [3.8, 4) is 0 Å². The van der Waals surface area contributed by atoms with Crippen molar-refractivity contribution in [2.75, 3.05) is 26.4 Å². The first-order valence-corrected chi connectivity index (χ1v) is 4.53. The predicted octanol–water partition coefficient (Wildman–Crippen LogP) is 1.45. The van der Waals surface area contributed by atoms with Crippen molar-refractivity contribution in [2.24, 2.45) is 11.3 Å². The number of hydrogen-bond acceptors (Lipinski definition) is 2. The van der Waals surface area contributed by atoms with E-state index in [-0.39, 0.29) is 0 Å². The van der Waals surface area contributed by atoms with Gasteiger partial charge < -0.3 is 9.47 Å². The Hall–Kier alpha value is -0.0800. The summed E-state index contributed by atoms with van der Waals surface area (Å²) >= 11 is 0. The number of ether oxygens (including phenoxy) is 2. The lowest BCUT2D eigenvalue weighted by Crippen LogP contribution is -2.07. The van der Waals surface area contributed by atoms with E-state index in [1.807, 2.05) is 0 Å². The molecule has 2 atom stereocenters. The Bertz CT molecular complexity index is 138. The van der Waals surface area contributed by atoms with Crippen LogP contribution < -0.4 is 0 Å². The van der Waals surface area contributed by atoms with E-state index in [2.05, 4.69) is 6.92 Å². The second-order valence-corrected chi connectivity index (χ2v) is 3.73. The van der Waals surface area contributed by atoms with Crippen LogP contribution in [0.25, 0.3) is 0 Å². The smallest absolute Gasteiger partial charge is 0.0526 e. The molecule has 2 fully saturated rings. The maximum Gasteiger partial charge on any atom is 0.0526 e. The van der Waals surface area contributed by atoms with Gasteiger partial charge in [0.25, 0.3) is 0 Å². The standard InChI is InChI=1S/C9H16O2/c1-2-10-6-8-5-9(8)3-4-11-7-9/h8H,2-7H2,1H3. The van der Waals surface area contributed by atoms with Crippen molar-refractivity contribution >= 4 is 0 Å². The van der Waals surface area contributed by atoms with Gasteiger partial charge >= 0.3 is 0 Å². The van der Waals surface area contributed by atoms with Crippen LogP contribution in [0.15, 0.2) is 0 Å². The molecule has 1 aliphatic heterocycles. The van der Waals surface area contributed by atoms with E-state index < -0.39 is 0 Å². The third-order valence-electron chi connectivity index (χ3n) is 3.02. The third kappa shape index (κ3) is 1.30. The minimum absolute atomic E-state index is 0.565. The molecule has 1 saturated heterocycles. The van der Waals surface area contributed by atoms with Crippen LogP contribution in [0.3, 0.4) is 0 Å². The molecule has 0 N–H and O–H groups in total. The average Bonchev–Trinajstić information content (AvgIpc) is 2.41. The molecule has 2 rings (SSSR count). The average molecular weight is 156 g/mol. The molecule has 1 heterocycles. The van der Waals surface area contributed by atoms with Crippen molar-refractivity contribution < 1.29 is 9.47 Å². The van der Waals surface area contributed by atoms with Gasteiger partial charge in [-0.25, -0.2) is 0 Å². The van der Waals surface area contributed by atoms with E-state index >= 15 is 0 Å². The zero-order chi connectivity index (χ0) is 7.73. The number of rotatable bonds is 3. The monoisotopic (exact) mass is 156 g/mol. The van der Waals surface area contributed by atoms with Gasteiger partial charge in [0, 0.05) is 18.6 Å². The van der Waals surface area contributed by atoms with E-state index in [0.29, 0.717) is 5.41 Å². The highest BCUT2D eigenvalue weighted by atomic mass is 16.5. The zero-order valence-corrected chi connectivity index (χ0v) is 7.14. The highest BCUT2D eigenvalue weighted by Crippen LogP contribution is 2.57. The summed E-state index contributed by atoms with van der Waals surface area (Å²) in [6.45, 7) is 5.83. The molecule has 1 saturated carbocycles. The Kier molecular flexibility index (Phi) is 1.90.